The summed E-state index contributed by atoms with van der Waals surface area (Å²) in [6.45, 7) is 6.83. The molecule has 18 heavy (non-hydrogen) atoms. The number of piperazine rings is 1. The molecule has 0 saturated carbocycles. The third kappa shape index (κ3) is 2.04. The van der Waals surface area contributed by atoms with Crippen LogP contribution in [-0.2, 0) is 7.05 Å². The number of nitrogens with zero attached hydrogens (tertiary/aromatic N) is 2. The summed E-state index contributed by atoms with van der Waals surface area (Å²) in [4.78, 5) is 2.56. The quantitative estimate of drug-likeness (QED) is 0.872. The van der Waals surface area contributed by atoms with Crippen molar-refractivity contribution in [1.82, 2.24) is 14.8 Å². The Morgan fingerprint density at radius 2 is 1.94 bits per heavy atom. The van der Waals surface area contributed by atoms with Crippen LogP contribution >= 0.6 is 0 Å². The number of nitrogens with one attached hydrogen (secondary N) is 1. The topological polar surface area (TPSA) is 20.2 Å². The van der Waals surface area contributed by atoms with Gasteiger partial charge in [0.15, 0.2) is 0 Å². The molecule has 1 saturated heterocycles. The van der Waals surface area contributed by atoms with Crippen molar-refractivity contribution in [3.8, 4) is 0 Å². The monoisotopic (exact) mass is 243 g/mol. The second-order valence-electron chi connectivity index (χ2n) is 5.21. The van der Waals surface area contributed by atoms with Gasteiger partial charge in [0.05, 0.1) is 0 Å². The van der Waals surface area contributed by atoms with Crippen LogP contribution in [0.3, 0.4) is 0 Å². The maximum absolute atomic E-state index is 3.41. The van der Waals surface area contributed by atoms with Crippen molar-refractivity contribution in [2.24, 2.45) is 7.05 Å². The highest BCUT2D eigenvalue weighted by molar-refractivity contribution is 5.80. The van der Waals surface area contributed by atoms with Crippen molar-refractivity contribution in [3.05, 3.63) is 36.0 Å². The van der Waals surface area contributed by atoms with Crippen LogP contribution < -0.4 is 5.32 Å². The summed E-state index contributed by atoms with van der Waals surface area (Å²) in [7, 11) is 2.10. The van der Waals surface area contributed by atoms with Crippen molar-refractivity contribution in [3.63, 3.8) is 0 Å². The second-order valence-corrected chi connectivity index (χ2v) is 5.21. The summed E-state index contributed by atoms with van der Waals surface area (Å²) >= 11 is 0. The molecule has 0 aliphatic carbocycles. The zero-order chi connectivity index (χ0) is 12.5. The first-order valence-corrected chi connectivity index (χ1v) is 6.75. The summed E-state index contributed by atoms with van der Waals surface area (Å²) in [5.41, 5.74) is 2.74. The minimum atomic E-state index is 0.511. The Morgan fingerprint density at radius 1 is 1.17 bits per heavy atom. The molecular weight excluding hydrogens is 222 g/mol. The number of fused-ring (bicyclic) bond motifs is 1. The Balaban J connectivity index is 1.88. The molecule has 3 rings (SSSR count). The lowest BCUT2D eigenvalue weighted by molar-refractivity contribution is 0.185. The van der Waals surface area contributed by atoms with E-state index in [2.05, 4.69) is 59.2 Å². The highest BCUT2D eigenvalue weighted by atomic mass is 15.2. The first-order valence-electron chi connectivity index (χ1n) is 6.75. The van der Waals surface area contributed by atoms with Crippen LogP contribution in [0.4, 0.5) is 0 Å². The lowest BCUT2D eigenvalue weighted by Gasteiger charge is -2.33. The van der Waals surface area contributed by atoms with E-state index < -0.39 is 0 Å². The fourth-order valence-corrected chi connectivity index (χ4v) is 2.84. The molecule has 2 heterocycles. The number of hydrogen-bond donors (Lipinski definition) is 1. The van der Waals surface area contributed by atoms with E-state index in [-0.39, 0.29) is 0 Å². The Kier molecular flexibility index (Phi) is 3.10. The molecule has 1 fully saturated rings. The number of benzene rings is 1. The summed E-state index contributed by atoms with van der Waals surface area (Å²) in [6, 6.07) is 9.56. The lowest BCUT2D eigenvalue weighted by Crippen LogP contribution is -2.44. The fraction of sp³-hybridized carbons (Fsp3) is 0.467. The molecule has 0 radical (unpaired) electrons. The van der Waals surface area contributed by atoms with E-state index in [4.69, 9.17) is 0 Å². The van der Waals surface area contributed by atoms with Crippen LogP contribution in [-0.4, -0.2) is 35.6 Å². The number of aromatic nitrogens is 1. The largest absolute Gasteiger partial charge is 0.351 e. The van der Waals surface area contributed by atoms with Crippen molar-refractivity contribution < 1.29 is 0 Å². The predicted octanol–water partition coefficient (Wildman–Crippen LogP) is 2.14. The molecule has 0 spiro atoms. The van der Waals surface area contributed by atoms with E-state index in [0.717, 1.165) is 26.2 Å². The third-order valence-electron chi connectivity index (χ3n) is 4.09. The Labute approximate surface area is 108 Å². The van der Waals surface area contributed by atoms with Gasteiger partial charge < -0.3 is 9.88 Å². The highest BCUT2D eigenvalue weighted by Crippen LogP contribution is 2.24. The summed E-state index contributed by atoms with van der Waals surface area (Å²) in [6.07, 6.45) is 2.13. The third-order valence-corrected chi connectivity index (χ3v) is 4.09. The van der Waals surface area contributed by atoms with Gasteiger partial charge in [0.25, 0.3) is 0 Å². The Hall–Kier alpha value is -1.32. The van der Waals surface area contributed by atoms with Crippen LogP contribution in [0.25, 0.3) is 10.9 Å². The molecule has 2 aromatic rings. The minimum Gasteiger partial charge on any atom is -0.351 e. The molecular formula is C15H21N3. The lowest BCUT2D eigenvalue weighted by atomic mass is 10.0. The van der Waals surface area contributed by atoms with Crippen LogP contribution in [0.15, 0.2) is 30.5 Å². The molecule has 3 nitrogen and oxygen atoms in total. The van der Waals surface area contributed by atoms with Crippen LogP contribution in [0.1, 0.15) is 18.5 Å². The molecule has 1 unspecified atom stereocenters. The van der Waals surface area contributed by atoms with E-state index >= 15 is 0 Å². The van der Waals surface area contributed by atoms with Crippen LogP contribution in [0.5, 0.6) is 0 Å². The smallest absolute Gasteiger partial charge is 0.0477 e. The Bertz CT molecular complexity index is 538. The number of rotatable bonds is 2. The van der Waals surface area contributed by atoms with Crippen molar-refractivity contribution in [2.45, 2.75) is 13.0 Å². The normalized spacial score (nSPS) is 19.2. The maximum atomic E-state index is 3.41. The molecule has 1 aliphatic rings. The summed E-state index contributed by atoms with van der Waals surface area (Å²) in [5, 5.41) is 4.75. The standard InChI is InChI=1S/C15H21N3/c1-12(18-9-6-16-7-10-18)13-3-4-15-14(11-13)5-8-17(15)2/h3-5,8,11-12,16H,6-7,9-10H2,1-2H3. The highest BCUT2D eigenvalue weighted by Gasteiger charge is 2.18. The maximum Gasteiger partial charge on any atom is 0.0477 e. The van der Waals surface area contributed by atoms with E-state index in [1.54, 1.807) is 0 Å². The average molecular weight is 243 g/mol. The second kappa shape index (κ2) is 4.75. The SMILES string of the molecule is CC(c1ccc2c(ccn2C)c1)N1CCNCC1. The molecule has 1 N–H and O–H groups in total. The Morgan fingerprint density at radius 3 is 2.72 bits per heavy atom. The van der Waals surface area contributed by atoms with Crippen molar-refractivity contribution in [2.75, 3.05) is 26.2 Å². The minimum absolute atomic E-state index is 0.511. The number of aryl methyl sites for hydroxylation is 1. The van der Waals surface area contributed by atoms with Gasteiger partial charge in [-0.15, -0.1) is 0 Å². The van der Waals surface area contributed by atoms with Gasteiger partial charge >= 0.3 is 0 Å². The predicted molar refractivity (Wildman–Crippen MR) is 75.8 cm³/mol. The van der Waals surface area contributed by atoms with Crippen LogP contribution in [0, 0.1) is 0 Å². The van der Waals surface area contributed by atoms with Gasteiger partial charge in [-0.25, -0.2) is 0 Å². The van der Waals surface area contributed by atoms with E-state index in [1.807, 2.05) is 0 Å². The molecule has 0 amide bonds. The summed E-state index contributed by atoms with van der Waals surface area (Å²) < 4.78 is 2.18. The zero-order valence-corrected chi connectivity index (χ0v) is 11.2. The van der Waals surface area contributed by atoms with Crippen molar-refractivity contribution >= 4 is 10.9 Å². The first-order chi connectivity index (χ1) is 8.75. The molecule has 1 aromatic heterocycles. The zero-order valence-electron chi connectivity index (χ0n) is 11.2. The van der Waals surface area contributed by atoms with E-state index in [9.17, 15) is 0 Å². The van der Waals surface area contributed by atoms with Gasteiger partial charge in [0.2, 0.25) is 0 Å². The van der Waals surface area contributed by atoms with Gasteiger partial charge in [0.1, 0.15) is 0 Å². The van der Waals surface area contributed by atoms with Crippen LogP contribution in [0.2, 0.25) is 0 Å². The molecule has 0 bridgehead atoms. The van der Waals surface area contributed by atoms with Gasteiger partial charge in [-0.1, -0.05) is 6.07 Å². The number of hydrogen-bond acceptors (Lipinski definition) is 2. The molecule has 1 atom stereocenters. The fourth-order valence-electron chi connectivity index (χ4n) is 2.84. The summed E-state index contributed by atoms with van der Waals surface area (Å²) in [5.74, 6) is 0. The van der Waals surface area contributed by atoms with Gasteiger partial charge in [-0.2, -0.15) is 0 Å². The molecule has 1 aliphatic heterocycles. The van der Waals surface area contributed by atoms with E-state index in [1.165, 1.54) is 16.5 Å². The molecule has 96 valence electrons. The molecule has 3 heteroatoms. The van der Waals surface area contributed by atoms with Gasteiger partial charge in [0, 0.05) is 51.0 Å². The molecule has 1 aromatic carbocycles. The van der Waals surface area contributed by atoms with Gasteiger partial charge in [-0.05, 0) is 36.1 Å². The van der Waals surface area contributed by atoms with E-state index in [0.29, 0.717) is 6.04 Å². The van der Waals surface area contributed by atoms with Gasteiger partial charge in [-0.3, -0.25) is 4.90 Å². The first kappa shape index (κ1) is 11.8. The average Bonchev–Trinajstić information content (AvgIpc) is 2.80. The van der Waals surface area contributed by atoms with Crippen molar-refractivity contribution in [1.29, 1.82) is 0 Å².